The Kier molecular flexibility index (Phi) is 6.61. The average molecular weight is 307 g/mol. The van der Waals surface area contributed by atoms with Gasteiger partial charge in [0.05, 0.1) is 30.7 Å². The molecule has 0 unspecified atom stereocenters. The average Bonchev–Trinajstić information content (AvgIpc) is 2.48. The summed E-state index contributed by atoms with van der Waals surface area (Å²) < 4.78 is 11.0. The lowest BCUT2D eigenvalue weighted by atomic mass is 10.1. The van der Waals surface area contributed by atoms with Crippen LogP contribution in [0.3, 0.4) is 0 Å². The van der Waals surface area contributed by atoms with Gasteiger partial charge in [0.1, 0.15) is 0 Å². The maximum atomic E-state index is 5.76. The van der Waals surface area contributed by atoms with Crippen LogP contribution in [0.15, 0.2) is 12.1 Å². The third-order valence-electron chi connectivity index (χ3n) is 3.81. The first-order valence-electron chi connectivity index (χ1n) is 8.13. The van der Waals surface area contributed by atoms with Crippen LogP contribution in [0.4, 0.5) is 5.69 Å². The minimum atomic E-state index is 0.140. The second-order valence-electron chi connectivity index (χ2n) is 6.15. The van der Waals surface area contributed by atoms with Crippen molar-refractivity contribution < 1.29 is 9.47 Å². The predicted molar refractivity (Wildman–Crippen MR) is 89.5 cm³/mol. The van der Waals surface area contributed by atoms with Gasteiger partial charge in [0, 0.05) is 32.4 Å². The van der Waals surface area contributed by atoms with Crippen LogP contribution in [0.5, 0.6) is 0 Å². The molecule has 0 N–H and O–H groups in total. The van der Waals surface area contributed by atoms with E-state index in [4.69, 9.17) is 14.5 Å². The number of morpholine rings is 1. The lowest BCUT2D eigenvalue weighted by Crippen LogP contribution is -2.45. The summed E-state index contributed by atoms with van der Waals surface area (Å²) in [6.45, 7) is 6.21. The molecule has 0 aromatic carbocycles. The number of rotatable bonds is 7. The van der Waals surface area contributed by atoms with E-state index in [9.17, 15) is 0 Å². The number of ether oxygens (including phenoxy) is 2. The first-order valence-corrected chi connectivity index (χ1v) is 8.13. The van der Waals surface area contributed by atoms with Gasteiger partial charge in [-0.05, 0) is 32.6 Å². The standard InChI is InChI=1S/C17H29N3O2/c1-5-6-14-7-8-17(16(18-14)12-19(2)3)20-9-10-22-15(11-20)13-21-4/h7-8,15H,5-6,9-13H2,1-4H3/t15-/m1/s1. The summed E-state index contributed by atoms with van der Waals surface area (Å²) in [5.74, 6) is 0. The molecule has 0 radical (unpaired) electrons. The van der Waals surface area contributed by atoms with E-state index in [0.29, 0.717) is 6.61 Å². The van der Waals surface area contributed by atoms with E-state index in [2.05, 4.69) is 43.0 Å². The molecule has 124 valence electrons. The van der Waals surface area contributed by atoms with E-state index < -0.39 is 0 Å². The molecule has 0 spiro atoms. The van der Waals surface area contributed by atoms with E-state index in [1.807, 2.05) is 0 Å². The van der Waals surface area contributed by atoms with Crippen LogP contribution in [-0.2, 0) is 22.4 Å². The molecule has 2 rings (SSSR count). The second kappa shape index (κ2) is 8.46. The van der Waals surface area contributed by atoms with Crippen molar-refractivity contribution in [3.05, 3.63) is 23.5 Å². The zero-order chi connectivity index (χ0) is 15.9. The number of nitrogens with zero attached hydrogens (tertiary/aromatic N) is 3. The van der Waals surface area contributed by atoms with Gasteiger partial charge in [-0.25, -0.2) is 0 Å². The molecule has 1 aliphatic heterocycles. The molecule has 1 fully saturated rings. The van der Waals surface area contributed by atoms with Crippen molar-refractivity contribution in [1.29, 1.82) is 0 Å². The minimum Gasteiger partial charge on any atom is -0.382 e. The molecule has 1 aliphatic rings. The summed E-state index contributed by atoms with van der Waals surface area (Å²) in [7, 11) is 5.90. The van der Waals surface area contributed by atoms with Crippen LogP contribution in [0.25, 0.3) is 0 Å². The highest BCUT2D eigenvalue weighted by Crippen LogP contribution is 2.23. The van der Waals surface area contributed by atoms with Gasteiger partial charge >= 0.3 is 0 Å². The molecule has 2 heterocycles. The highest BCUT2D eigenvalue weighted by Gasteiger charge is 2.23. The molecule has 0 saturated carbocycles. The molecule has 5 heteroatoms. The number of aromatic nitrogens is 1. The third kappa shape index (κ3) is 4.66. The third-order valence-corrected chi connectivity index (χ3v) is 3.81. The fourth-order valence-corrected chi connectivity index (χ4v) is 2.86. The molecular formula is C17H29N3O2. The lowest BCUT2D eigenvalue weighted by Gasteiger charge is -2.35. The summed E-state index contributed by atoms with van der Waals surface area (Å²) in [4.78, 5) is 9.45. The minimum absolute atomic E-state index is 0.140. The van der Waals surface area contributed by atoms with Crippen molar-refractivity contribution in [2.24, 2.45) is 0 Å². The Labute approximate surface area is 134 Å². The Bertz CT molecular complexity index is 463. The molecule has 0 bridgehead atoms. The molecule has 1 aromatic heterocycles. The molecule has 22 heavy (non-hydrogen) atoms. The summed E-state index contributed by atoms with van der Waals surface area (Å²) in [5, 5.41) is 0. The first-order chi connectivity index (χ1) is 10.6. The van der Waals surface area contributed by atoms with Crippen molar-refractivity contribution in [3.8, 4) is 0 Å². The fraction of sp³-hybridized carbons (Fsp3) is 0.706. The maximum Gasteiger partial charge on any atom is 0.0983 e. The monoisotopic (exact) mass is 307 g/mol. The topological polar surface area (TPSA) is 37.8 Å². The van der Waals surface area contributed by atoms with Gasteiger partial charge in [-0.15, -0.1) is 0 Å². The van der Waals surface area contributed by atoms with Gasteiger partial charge in [-0.3, -0.25) is 4.98 Å². The van der Waals surface area contributed by atoms with Gasteiger partial charge in [-0.2, -0.15) is 0 Å². The summed E-state index contributed by atoms with van der Waals surface area (Å²) in [6, 6.07) is 4.39. The number of pyridine rings is 1. The lowest BCUT2D eigenvalue weighted by molar-refractivity contribution is -0.0101. The summed E-state index contributed by atoms with van der Waals surface area (Å²) in [6.07, 6.45) is 2.30. The fourth-order valence-electron chi connectivity index (χ4n) is 2.86. The van der Waals surface area contributed by atoms with E-state index in [0.717, 1.165) is 44.8 Å². The van der Waals surface area contributed by atoms with Gasteiger partial charge < -0.3 is 19.3 Å². The van der Waals surface area contributed by atoms with Crippen LogP contribution < -0.4 is 4.90 Å². The van der Waals surface area contributed by atoms with Crippen molar-refractivity contribution in [2.45, 2.75) is 32.4 Å². The highest BCUT2D eigenvalue weighted by atomic mass is 16.5. The molecule has 0 amide bonds. The zero-order valence-electron chi connectivity index (χ0n) is 14.3. The van der Waals surface area contributed by atoms with Gasteiger partial charge in [-0.1, -0.05) is 13.3 Å². The van der Waals surface area contributed by atoms with Crippen molar-refractivity contribution >= 4 is 5.69 Å². The number of aryl methyl sites for hydroxylation is 1. The van der Waals surface area contributed by atoms with Crippen LogP contribution >= 0.6 is 0 Å². The number of hydrogen-bond acceptors (Lipinski definition) is 5. The maximum absolute atomic E-state index is 5.76. The number of anilines is 1. The molecule has 0 aliphatic carbocycles. The SMILES string of the molecule is CCCc1ccc(N2CCO[C@@H](COC)C2)c(CN(C)C)n1. The molecule has 1 aromatic rings. The number of methoxy groups -OCH3 is 1. The van der Waals surface area contributed by atoms with E-state index >= 15 is 0 Å². The van der Waals surface area contributed by atoms with E-state index in [-0.39, 0.29) is 6.10 Å². The Balaban J connectivity index is 2.20. The Morgan fingerprint density at radius 2 is 2.23 bits per heavy atom. The molecular weight excluding hydrogens is 278 g/mol. The summed E-state index contributed by atoms with van der Waals surface area (Å²) in [5.41, 5.74) is 3.58. The molecule has 1 saturated heterocycles. The van der Waals surface area contributed by atoms with Gasteiger partial charge in [0.25, 0.3) is 0 Å². The van der Waals surface area contributed by atoms with E-state index in [1.54, 1.807) is 7.11 Å². The van der Waals surface area contributed by atoms with Gasteiger partial charge in [0.2, 0.25) is 0 Å². The normalized spacial score (nSPS) is 19.0. The van der Waals surface area contributed by atoms with Gasteiger partial charge in [0.15, 0.2) is 0 Å². The molecule has 1 atom stereocenters. The predicted octanol–water partition coefficient (Wildman–Crippen LogP) is 1.95. The van der Waals surface area contributed by atoms with Crippen LogP contribution in [0.1, 0.15) is 24.7 Å². The number of hydrogen-bond donors (Lipinski definition) is 0. The first kappa shape index (κ1) is 17.2. The van der Waals surface area contributed by atoms with Crippen molar-refractivity contribution in [1.82, 2.24) is 9.88 Å². The van der Waals surface area contributed by atoms with E-state index in [1.165, 1.54) is 11.4 Å². The van der Waals surface area contributed by atoms with Crippen LogP contribution in [-0.4, -0.2) is 63.5 Å². The van der Waals surface area contributed by atoms with Crippen LogP contribution in [0.2, 0.25) is 0 Å². The Morgan fingerprint density at radius 1 is 1.41 bits per heavy atom. The highest BCUT2D eigenvalue weighted by molar-refractivity contribution is 5.52. The van der Waals surface area contributed by atoms with Crippen LogP contribution in [0, 0.1) is 0 Å². The van der Waals surface area contributed by atoms with Crippen molar-refractivity contribution in [2.75, 3.05) is 52.4 Å². The second-order valence-corrected chi connectivity index (χ2v) is 6.15. The largest absolute Gasteiger partial charge is 0.382 e. The zero-order valence-corrected chi connectivity index (χ0v) is 14.3. The summed E-state index contributed by atoms with van der Waals surface area (Å²) >= 11 is 0. The van der Waals surface area contributed by atoms with Crippen molar-refractivity contribution in [3.63, 3.8) is 0 Å². The molecule has 5 nitrogen and oxygen atoms in total. The Hall–Kier alpha value is -1.17. The Morgan fingerprint density at radius 3 is 2.91 bits per heavy atom. The quantitative estimate of drug-likeness (QED) is 0.770. The smallest absolute Gasteiger partial charge is 0.0983 e.